The van der Waals surface area contributed by atoms with Gasteiger partial charge in [0.25, 0.3) is 0 Å². The highest BCUT2D eigenvalue weighted by Gasteiger charge is 2.19. The number of benzene rings is 3. The van der Waals surface area contributed by atoms with E-state index in [0.29, 0.717) is 0 Å². The molecule has 168 valence electrons. The van der Waals surface area contributed by atoms with Crippen molar-refractivity contribution in [2.75, 3.05) is 38.5 Å². The van der Waals surface area contributed by atoms with Crippen LogP contribution in [0.5, 0.6) is 0 Å². The molecule has 3 aromatic carbocycles. The Morgan fingerprint density at radius 2 is 1.06 bits per heavy atom. The number of piperazine rings is 1. The number of rotatable bonds is 8. The molecule has 0 N–H and O–H groups in total. The number of thioether (sulfide) groups is 1. The zero-order valence-corrected chi connectivity index (χ0v) is 18.7. The Morgan fingerprint density at radius 1 is 0.625 bits per heavy atom. The number of hydrogen-bond acceptors (Lipinski definition) is 3. The Labute approximate surface area is 192 Å². The molecule has 1 fully saturated rings. The van der Waals surface area contributed by atoms with Gasteiger partial charge in [0.05, 0.1) is 5.25 Å². The summed E-state index contributed by atoms with van der Waals surface area (Å²) in [5.41, 5.74) is 3.18. The minimum absolute atomic E-state index is 0.0379. The quantitative estimate of drug-likeness (QED) is 0.427. The molecule has 0 bridgehead atoms. The highest BCUT2D eigenvalue weighted by Crippen LogP contribution is 2.35. The summed E-state index contributed by atoms with van der Waals surface area (Å²) in [6.45, 7) is 5.79. The summed E-state index contributed by atoms with van der Waals surface area (Å²) in [6, 6.07) is 19.9. The molecule has 3 aromatic rings. The molecule has 1 heterocycles. The van der Waals surface area contributed by atoms with Gasteiger partial charge in [0.1, 0.15) is 17.5 Å². The average Bonchev–Trinajstić information content (AvgIpc) is 2.81. The predicted molar refractivity (Wildman–Crippen MR) is 125 cm³/mol. The van der Waals surface area contributed by atoms with Gasteiger partial charge in [-0.15, -0.1) is 11.8 Å². The third-order valence-electron chi connectivity index (χ3n) is 5.82. The second-order valence-electron chi connectivity index (χ2n) is 8.10. The van der Waals surface area contributed by atoms with Gasteiger partial charge >= 0.3 is 0 Å². The fourth-order valence-corrected chi connectivity index (χ4v) is 5.28. The second-order valence-corrected chi connectivity index (χ2v) is 9.31. The van der Waals surface area contributed by atoms with E-state index in [1.54, 1.807) is 11.8 Å². The maximum absolute atomic E-state index is 13.4. The van der Waals surface area contributed by atoms with E-state index in [9.17, 15) is 13.2 Å². The topological polar surface area (TPSA) is 6.48 Å². The lowest BCUT2D eigenvalue weighted by Crippen LogP contribution is -2.46. The molecule has 0 aromatic heterocycles. The van der Waals surface area contributed by atoms with Crippen molar-refractivity contribution in [3.8, 4) is 0 Å². The van der Waals surface area contributed by atoms with Crippen LogP contribution in [-0.2, 0) is 6.54 Å². The van der Waals surface area contributed by atoms with Crippen molar-refractivity contribution in [3.63, 3.8) is 0 Å². The van der Waals surface area contributed by atoms with E-state index in [1.165, 1.54) is 36.4 Å². The first kappa shape index (κ1) is 22.9. The zero-order chi connectivity index (χ0) is 22.3. The van der Waals surface area contributed by atoms with Crippen molar-refractivity contribution < 1.29 is 13.2 Å². The second kappa shape index (κ2) is 11.0. The SMILES string of the molecule is Fc1ccc(CN2CCN(CCSC(c3ccc(F)cc3)c3ccc(F)cc3)CC2)cc1. The molecule has 4 rings (SSSR count). The van der Waals surface area contributed by atoms with Crippen LogP contribution in [0.2, 0.25) is 0 Å². The first-order valence-corrected chi connectivity index (χ1v) is 11.9. The number of hydrogen-bond donors (Lipinski definition) is 0. The van der Waals surface area contributed by atoms with Crippen LogP contribution in [0.15, 0.2) is 72.8 Å². The Balaban J connectivity index is 1.29. The van der Waals surface area contributed by atoms with E-state index in [0.717, 1.165) is 61.7 Å². The van der Waals surface area contributed by atoms with Crippen molar-refractivity contribution in [2.24, 2.45) is 0 Å². The van der Waals surface area contributed by atoms with Gasteiger partial charge in [-0.3, -0.25) is 9.80 Å². The van der Waals surface area contributed by atoms with Crippen LogP contribution < -0.4 is 0 Å². The van der Waals surface area contributed by atoms with Crippen LogP contribution >= 0.6 is 11.8 Å². The molecule has 0 aliphatic carbocycles. The lowest BCUT2D eigenvalue weighted by Gasteiger charge is -2.35. The monoisotopic (exact) mass is 456 g/mol. The molecule has 1 aliphatic rings. The summed E-state index contributed by atoms with van der Waals surface area (Å²) in [6.07, 6.45) is 0. The van der Waals surface area contributed by atoms with Gasteiger partial charge in [0, 0.05) is 45.0 Å². The van der Waals surface area contributed by atoms with Gasteiger partial charge in [0.2, 0.25) is 0 Å². The van der Waals surface area contributed by atoms with Crippen LogP contribution in [0.4, 0.5) is 13.2 Å². The Kier molecular flexibility index (Phi) is 7.90. The van der Waals surface area contributed by atoms with E-state index in [-0.39, 0.29) is 22.7 Å². The maximum atomic E-state index is 13.4. The van der Waals surface area contributed by atoms with Crippen molar-refractivity contribution in [3.05, 3.63) is 107 Å². The van der Waals surface area contributed by atoms with Crippen LogP contribution in [-0.4, -0.2) is 48.3 Å². The van der Waals surface area contributed by atoms with Gasteiger partial charge < -0.3 is 0 Å². The molecule has 0 atom stereocenters. The molecule has 0 unspecified atom stereocenters. The summed E-state index contributed by atoms with van der Waals surface area (Å²) >= 11 is 1.80. The Bertz CT molecular complexity index is 924. The normalized spacial score (nSPS) is 15.4. The first-order valence-electron chi connectivity index (χ1n) is 10.9. The third kappa shape index (κ3) is 6.37. The maximum Gasteiger partial charge on any atom is 0.123 e. The summed E-state index contributed by atoms with van der Waals surface area (Å²) in [7, 11) is 0. The van der Waals surface area contributed by atoms with E-state index < -0.39 is 0 Å². The summed E-state index contributed by atoms with van der Waals surface area (Å²) in [4.78, 5) is 4.86. The average molecular weight is 457 g/mol. The van der Waals surface area contributed by atoms with Gasteiger partial charge in [-0.25, -0.2) is 13.2 Å². The first-order chi connectivity index (χ1) is 15.6. The largest absolute Gasteiger partial charge is 0.300 e. The molecule has 0 amide bonds. The summed E-state index contributed by atoms with van der Waals surface area (Å²) in [5.74, 6) is 0.220. The lowest BCUT2D eigenvalue weighted by molar-refractivity contribution is 0.133. The Hall–Kier alpha value is -2.28. The molecule has 1 aliphatic heterocycles. The van der Waals surface area contributed by atoms with Crippen LogP contribution in [0.25, 0.3) is 0 Å². The van der Waals surface area contributed by atoms with Crippen LogP contribution in [0.1, 0.15) is 21.9 Å². The minimum atomic E-state index is -0.255. The van der Waals surface area contributed by atoms with Gasteiger partial charge in [-0.2, -0.15) is 0 Å². The predicted octanol–water partition coefficient (Wildman–Crippen LogP) is 5.74. The van der Waals surface area contributed by atoms with E-state index >= 15 is 0 Å². The molecule has 0 saturated carbocycles. The molecule has 0 spiro atoms. The van der Waals surface area contributed by atoms with E-state index in [4.69, 9.17) is 0 Å². The summed E-state index contributed by atoms with van der Waals surface area (Å²) < 4.78 is 39.9. The third-order valence-corrected chi connectivity index (χ3v) is 7.12. The summed E-state index contributed by atoms with van der Waals surface area (Å²) in [5, 5.41) is 0.0379. The fraction of sp³-hybridized carbons (Fsp3) is 0.308. The van der Waals surface area contributed by atoms with Gasteiger partial charge in [-0.05, 0) is 53.1 Å². The molecular weight excluding hydrogens is 429 g/mol. The van der Waals surface area contributed by atoms with Gasteiger partial charge in [0.15, 0.2) is 0 Å². The standard InChI is InChI=1S/C26H27F3N2S/c27-23-7-1-20(2-8-23)19-31-15-13-30(14-16-31)17-18-32-26(21-3-9-24(28)10-4-21)22-5-11-25(29)12-6-22/h1-12,26H,13-19H2. The molecule has 0 radical (unpaired) electrons. The van der Waals surface area contributed by atoms with Crippen molar-refractivity contribution >= 4 is 11.8 Å². The molecule has 2 nitrogen and oxygen atoms in total. The van der Waals surface area contributed by atoms with Crippen molar-refractivity contribution in [2.45, 2.75) is 11.8 Å². The fourth-order valence-electron chi connectivity index (χ4n) is 3.98. The lowest BCUT2D eigenvalue weighted by atomic mass is 10.0. The zero-order valence-electron chi connectivity index (χ0n) is 17.9. The van der Waals surface area contributed by atoms with E-state index in [1.807, 2.05) is 36.4 Å². The van der Waals surface area contributed by atoms with Crippen molar-refractivity contribution in [1.29, 1.82) is 0 Å². The van der Waals surface area contributed by atoms with E-state index in [2.05, 4.69) is 9.80 Å². The molecular formula is C26H27F3N2S. The van der Waals surface area contributed by atoms with Crippen molar-refractivity contribution in [1.82, 2.24) is 9.80 Å². The molecule has 1 saturated heterocycles. The molecule has 32 heavy (non-hydrogen) atoms. The van der Waals surface area contributed by atoms with Gasteiger partial charge in [-0.1, -0.05) is 36.4 Å². The van der Waals surface area contributed by atoms with Crippen LogP contribution in [0, 0.1) is 17.5 Å². The molecule has 6 heteroatoms. The minimum Gasteiger partial charge on any atom is -0.300 e. The number of halogens is 3. The number of nitrogens with zero attached hydrogens (tertiary/aromatic N) is 2. The highest BCUT2D eigenvalue weighted by molar-refractivity contribution is 7.99. The smallest absolute Gasteiger partial charge is 0.123 e. The Morgan fingerprint density at radius 3 is 1.56 bits per heavy atom. The highest BCUT2D eigenvalue weighted by atomic mass is 32.2. The van der Waals surface area contributed by atoms with Crippen LogP contribution in [0.3, 0.4) is 0 Å².